The molecule has 0 saturated carbocycles. The molecule has 192 valence electrons. The zero-order valence-electron chi connectivity index (χ0n) is 19.1. The molecule has 0 radical (unpaired) electrons. The number of piperazine rings is 1. The number of halogens is 6. The normalized spacial score (nSPS) is 17.5. The van der Waals surface area contributed by atoms with Crippen LogP contribution in [0.4, 0.5) is 26.3 Å². The van der Waals surface area contributed by atoms with Gasteiger partial charge in [0.2, 0.25) is 0 Å². The van der Waals surface area contributed by atoms with Gasteiger partial charge in [-0.15, -0.1) is 11.3 Å². The van der Waals surface area contributed by atoms with Crippen molar-refractivity contribution in [2.75, 3.05) is 26.2 Å². The average molecular weight is 529 g/mol. The third-order valence-corrected chi connectivity index (χ3v) is 7.14. The van der Waals surface area contributed by atoms with E-state index in [4.69, 9.17) is 0 Å². The van der Waals surface area contributed by atoms with E-state index in [1.54, 1.807) is 0 Å². The number of carbonyl (C=O) groups is 2. The van der Waals surface area contributed by atoms with Crippen molar-refractivity contribution in [3.05, 3.63) is 70.1 Å². The predicted octanol–water partition coefficient (Wildman–Crippen LogP) is 5.90. The fourth-order valence-corrected chi connectivity index (χ4v) is 5.48. The number of thiophene rings is 1. The molecule has 2 heterocycles. The number of fused-ring (bicyclic) bond motifs is 1. The van der Waals surface area contributed by atoms with Crippen molar-refractivity contribution in [2.24, 2.45) is 0 Å². The molecule has 1 unspecified atom stereocenters. The van der Waals surface area contributed by atoms with Gasteiger partial charge in [-0.2, -0.15) is 26.3 Å². The Bertz CT molecular complexity index is 1250. The molecule has 3 aromatic rings. The zero-order chi connectivity index (χ0) is 26.3. The number of benzene rings is 2. The van der Waals surface area contributed by atoms with Crippen LogP contribution < -0.4 is 0 Å². The van der Waals surface area contributed by atoms with Crippen molar-refractivity contribution in [2.45, 2.75) is 31.7 Å². The molecule has 4 nitrogen and oxygen atoms in total. The highest BCUT2D eigenvalue weighted by Crippen LogP contribution is 2.37. The Labute approximate surface area is 207 Å². The van der Waals surface area contributed by atoms with E-state index >= 15 is 0 Å². The Morgan fingerprint density at radius 2 is 1.61 bits per heavy atom. The lowest BCUT2D eigenvalue weighted by Crippen LogP contribution is -2.56. The summed E-state index contributed by atoms with van der Waals surface area (Å²) in [6.45, 7) is 2.18. The molecular weight excluding hydrogens is 506 g/mol. The molecule has 1 saturated heterocycles. The lowest BCUT2D eigenvalue weighted by Gasteiger charge is -2.41. The maximum Gasteiger partial charge on any atom is 0.416 e. The molecule has 1 aromatic heterocycles. The fourth-order valence-electron chi connectivity index (χ4n) is 4.51. The Hall–Kier alpha value is -2.92. The quantitative estimate of drug-likeness (QED) is 0.388. The van der Waals surface area contributed by atoms with E-state index in [9.17, 15) is 35.9 Å². The number of carbonyl (C=O) groups excluding carboxylic acids is 2. The van der Waals surface area contributed by atoms with Crippen LogP contribution in [0.25, 0.3) is 10.1 Å². The Kier molecular flexibility index (Phi) is 7.16. The number of nitrogens with zero attached hydrogens (tertiary/aromatic N) is 2. The van der Waals surface area contributed by atoms with Gasteiger partial charge < -0.3 is 4.90 Å². The first-order chi connectivity index (χ1) is 16.8. The van der Waals surface area contributed by atoms with Crippen LogP contribution in [0.5, 0.6) is 0 Å². The number of amides is 1. The number of hydrogen-bond donors (Lipinski definition) is 0. The van der Waals surface area contributed by atoms with Gasteiger partial charge in [-0.05, 0) is 53.9 Å². The Morgan fingerprint density at radius 3 is 2.22 bits per heavy atom. The van der Waals surface area contributed by atoms with E-state index < -0.39 is 41.0 Å². The summed E-state index contributed by atoms with van der Waals surface area (Å²) in [7, 11) is 0. The second kappa shape index (κ2) is 9.85. The predicted molar refractivity (Wildman–Crippen MR) is 124 cm³/mol. The van der Waals surface area contributed by atoms with Crippen molar-refractivity contribution >= 4 is 33.1 Å². The van der Waals surface area contributed by atoms with Gasteiger partial charge in [-0.3, -0.25) is 14.5 Å². The molecule has 1 amide bonds. The van der Waals surface area contributed by atoms with E-state index in [2.05, 4.69) is 0 Å². The first kappa shape index (κ1) is 26.2. The summed E-state index contributed by atoms with van der Waals surface area (Å²) < 4.78 is 81.2. The third-order valence-electron chi connectivity index (χ3n) is 6.13. The van der Waals surface area contributed by atoms with Crippen LogP contribution in [0.3, 0.4) is 0 Å². The SMILES string of the molecule is CC(=O)CN1CCN(C(=O)c2cc(C(F)(F)F)cc(C(F)(F)F)c2)C(Cc2csc3ccccc23)C1. The molecule has 1 aliphatic heterocycles. The van der Waals surface area contributed by atoms with Crippen LogP contribution in [-0.4, -0.2) is 53.7 Å². The standard InChI is InChI=1S/C25H22F6N2O2S/c1-15(34)12-32-6-7-33(20(13-32)10-17-14-36-22-5-3-2-4-21(17)22)23(35)16-8-18(24(26,27)28)11-19(9-16)25(29,30)31/h2-5,8-9,11,14,20H,6-7,10,12-13H2,1H3. The monoisotopic (exact) mass is 528 g/mol. The van der Waals surface area contributed by atoms with E-state index in [0.29, 0.717) is 18.6 Å². The van der Waals surface area contributed by atoms with Crippen molar-refractivity contribution < 1.29 is 35.9 Å². The molecule has 0 bridgehead atoms. The highest BCUT2D eigenvalue weighted by atomic mass is 32.1. The smallest absolute Gasteiger partial charge is 0.333 e. The summed E-state index contributed by atoms with van der Waals surface area (Å²) in [4.78, 5) is 28.3. The summed E-state index contributed by atoms with van der Waals surface area (Å²) in [5, 5.41) is 2.90. The number of ketones is 1. The molecule has 36 heavy (non-hydrogen) atoms. The number of Topliss-reactive ketones (excluding diaryl/α,β-unsaturated/α-hetero) is 1. The second-order valence-corrected chi connectivity index (χ2v) is 9.76. The van der Waals surface area contributed by atoms with Crippen LogP contribution >= 0.6 is 11.3 Å². The first-order valence-electron chi connectivity index (χ1n) is 11.1. The second-order valence-electron chi connectivity index (χ2n) is 8.85. The third kappa shape index (κ3) is 5.73. The highest BCUT2D eigenvalue weighted by molar-refractivity contribution is 7.17. The summed E-state index contributed by atoms with van der Waals surface area (Å²) in [5.41, 5.74) is -2.81. The minimum atomic E-state index is -5.05. The van der Waals surface area contributed by atoms with Crippen LogP contribution in [0.15, 0.2) is 47.8 Å². The highest BCUT2D eigenvalue weighted by Gasteiger charge is 2.39. The molecule has 0 spiro atoms. The maximum atomic E-state index is 13.4. The molecule has 1 fully saturated rings. The van der Waals surface area contributed by atoms with Gasteiger partial charge in [0.1, 0.15) is 5.78 Å². The lowest BCUT2D eigenvalue weighted by atomic mass is 9.98. The molecule has 1 atom stereocenters. The van der Waals surface area contributed by atoms with Crippen LogP contribution in [-0.2, 0) is 23.6 Å². The fraction of sp³-hybridized carbons (Fsp3) is 0.360. The van der Waals surface area contributed by atoms with Gasteiger partial charge in [0.15, 0.2) is 0 Å². The number of rotatable bonds is 5. The molecule has 1 aliphatic rings. The van der Waals surface area contributed by atoms with Crippen LogP contribution in [0.2, 0.25) is 0 Å². The van der Waals surface area contributed by atoms with Gasteiger partial charge in [0.25, 0.3) is 5.91 Å². The molecule has 4 rings (SSSR count). The minimum absolute atomic E-state index is 0.0105. The van der Waals surface area contributed by atoms with Crippen molar-refractivity contribution in [1.29, 1.82) is 0 Å². The van der Waals surface area contributed by atoms with Crippen molar-refractivity contribution in [1.82, 2.24) is 9.80 Å². The maximum absolute atomic E-state index is 13.4. The molecule has 0 aliphatic carbocycles. The summed E-state index contributed by atoms with van der Waals surface area (Å²) in [6.07, 6.45) is -9.76. The Balaban J connectivity index is 1.70. The largest absolute Gasteiger partial charge is 0.416 e. The van der Waals surface area contributed by atoms with Crippen molar-refractivity contribution in [3.8, 4) is 0 Å². The minimum Gasteiger partial charge on any atom is -0.333 e. The van der Waals surface area contributed by atoms with Gasteiger partial charge in [-0.25, -0.2) is 0 Å². The van der Waals surface area contributed by atoms with Gasteiger partial charge in [-0.1, -0.05) is 18.2 Å². The lowest BCUT2D eigenvalue weighted by molar-refractivity contribution is -0.143. The number of hydrogen-bond acceptors (Lipinski definition) is 4. The average Bonchev–Trinajstić information content (AvgIpc) is 3.20. The van der Waals surface area contributed by atoms with Gasteiger partial charge in [0, 0.05) is 35.9 Å². The van der Waals surface area contributed by atoms with E-state index in [1.807, 2.05) is 34.5 Å². The Morgan fingerprint density at radius 1 is 0.972 bits per heavy atom. The summed E-state index contributed by atoms with van der Waals surface area (Å²) >= 11 is 1.51. The molecule has 0 N–H and O–H groups in total. The van der Waals surface area contributed by atoms with Gasteiger partial charge >= 0.3 is 12.4 Å². The summed E-state index contributed by atoms with van der Waals surface area (Å²) in [6, 6.07) is 8.02. The van der Waals surface area contributed by atoms with Crippen LogP contribution in [0, 0.1) is 0 Å². The summed E-state index contributed by atoms with van der Waals surface area (Å²) in [5.74, 6) is -0.985. The molecule has 11 heteroatoms. The molecular formula is C25H22F6N2O2S. The topological polar surface area (TPSA) is 40.6 Å². The molecule has 2 aromatic carbocycles. The van der Waals surface area contributed by atoms with Gasteiger partial charge in [0.05, 0.1) is 17.7 Å². The van der Waals surface area contributed by atoms with E-state index in [0.717, 1.165) is 15.6 Å². The van der Waals surface area contributed by atoms with E-state index in [1.165, 1.54) is 23.2 Å². The number of alkyl halides is 6. The van der Waals surface area contributed by atoms with E-state index in [-0.39, 0.29) is 38.0 Å². The zero-order valence-corrected chi connectivity index (χ0v) is 19.9. The first-order valence-corrected chi connectivity index (χ1v) is 12.0. The van der Waals surface area contributed by atoms with Crippen molar-refractivity contribution in [3.63, 3.8) is 0 Å². The van der Waals surface area contributed by atoms with Crippen LogP contribution in [0.1, 0.15) is 34.0 Å².